The van der Waals surface area contributed by atoms with E-state index in [1.807, 2.05) is 74.5 Å². The zero-order valence-electron chi connectivity index (χ0n) is 20.7. The number of hydrogen-bond acceptors (Lipinski definition) is 5. The van der Waals surface area contributed by atoms with E-state index in [1.54, 1.807) is 18.2 Å². The fourth-order valence-corrected chi connectivity index (χ4v) is 4.51. The van der Waals surface area contributed by atoms with Crippen molar-refractivity contribution in [1.29, 1.82) is 0 Å². The lowest BCUT2D eigenvalue weighted by Gasteiger charge is -2.17. The molecule has 7 nitrogen and oxygen atoms in total. The number of amides is 1. The van der Waals surface area contributed by atoms with Gasteiger partial charge in [-0.2, -0.15) is 0 Å². The van der Waals surface area contributed by atoms with Crippen molar-refractivity contribution < 1.29 is 14.3 Å². The summed E-state index contributed by atoms with van der Waals surface area (Å²) in [6.07, 6.45) is 0. The van der Waals surface area contributed by atoms with Crippen LogP contribution in [0.15, 0.2) is 83.7 Å². The van der Waals surface area contributed by atoms with Gasteiger partial charge in [0.2, 0.25) is 0 Å². The van der Waals surface area contributed by atoms with Gasteiger partial charge < -0.3 is 14.6 Å². The molecule has 37 heavy (non-hydrogen) atoms. The predicted octanol–water partition coefficient (Wildman–Crippen LogP) is 5.17. The van der Waals surface area contributed by atoms with E-state index in [-0.39, 0.29) is 11.3 Å². The van der Waals surface area contributed by atoms with Crippen molar-refractivity contribution in [3.63, 3.8) is 0 Å². The molecule has 0 aliphatic rings. The van der Waals surface area contributed by atoms with Crippen LogP contribution in [-0.2, 0) is 16.6 Å². The second-order valence-electron chi connectivity index (χ2n) is 8.95. The van der Waals surface area contributed by atoms with Gasteiger partial charge in [-0.15, -0.1) is 0 Å². The summed E-state index contributed by atoms with van der Waals surface area (Å²) >= 11 is 0. The van der Waals surface area contributed by atoms with E-state index >= 15 is 0 Å². The lowest BCUT2D eigenvalue weighted by Crippen LogP contribution is -2.28. The Morgan fingerprint density at radius 2 is 1.54 bits per heavy atom. The molecule has 0 atom stereocenters. The molecule has 0 aliphatic heterocycles. The third-order valence-corrected chi connectivity index (χ3v) is 6.29. The van der Waals surface area contributed by atoms with Crippen molar-refractivity contribution in [2.45, 2.75) is 13.8 Å². The Morgan fingerprint density at radius 3 is 2.27 bits per heavy atom. The molecule has 7 heteroatoms. The molecule has 2 aromatic heterocycles. The van der Waals surface area contributed by atoms with Gasteiger partial charge in [0.15, 0.2) is 6.61 Å². The summed E-state index contributed by atoms with van der Waals surface area (Å²) in [7, 11) is 1.54. The number of ether oxygens (including phenoxy) is 1. The quantitative estimate of drug-likeness (QED) is 0.343. The molecule has 0 unspecified atom stereocenters. The molecule has 2 heterocycles. The van der Waals surface area contributed by atoms with E-state index in [0.717, 1.165) is 27.7 Å². The number of aromatic nitrogens is 2. The highest BCUT2D eigenvalue weighted by Gasteiger charge is 2.23. The van der Waals surface area contributed by atoms with Gasteiger partial charge >= 0.3 is 5.97 Å². The molecule has 0 fully saturated rings. The molecule has 3 aromatic carbocycles. The van der Waals surface area contributed by atoms with Gasteiger partial charge in [-0.25, -0.2) is 4.79 Å². The summed E-state index contributed by atoms with van der Waals surface area (Å²) in [6.45, 7) is 3.31. The first kappa shape index (κ1) is 23.9. The second kappa shape index (κ2) is 9.70. The Kier molecular flexibility index (Phi) is 6.27. The van der Waals surface area contributed by atoms with E-state index < -0.39 is 18.5 Å². The summed E-state index contributed by atoms with van der Waals surface area (Å²) in [6, 6.07) is 24.1. The van der Waals surface area contributed by atoms with E-state index in [4.69, 9.17) is 4.74 Å². The number of fused-ring (bicyclic) bond motifs is 2. The topological polar surface area (TPSA) is 90.3 Å². The monoisotopic (exact) mass is 491 g/mol. The molecule has 1 N–H and O–H groups in total. The molecule has 0 aliphatic carbocycles. The Morgan fingerprint density at radius 1 is 0.892 bits per heavy atom. The molecule has 0 saturated carbocycles. The second-order valence-corrected chi connectivity index (χ2v) is 8.95. The molecular formula is C30H25N3O4. The van der Waals surface area contributed by atoms with Crippen molar-refractivity contribution in [3.8, 4) is 11.1 Å². The number of esters is 1. The third kappa shape index (κ3) is 4.59. The maximum absolute atomic E-state index is 13.4. The minimum absolute atomic E-state index is 0.0885. The average molecular weight is 492 g/mol. The van der Waals surface area contributed by atoms with Crippen LogP contribution in [0.3, 0.4) is 0 Å². The summed E-state index contributed by atoms with van der Waals surface area (Å²) in [5.41, 5.74) is 4.28. The van der Waals surface area contributed by atoms with E-state index in [2.05, 4.69) is 10.3 Å². The zero-order chi connectivity index (χ0) is 26.1. The predicted molar refractivity (Wildman–Crippen MR) is 145 cm³/mol. The van der Waals surface area contributed by atoms with Crippen molar-refractivity contribution in [1.82, 2.24) is 9.55 Å². The average Bonchev–Trinajstić information content (AvgIpc) is 2.90. The highest BCUT2D eigenvalue weighted by molar-refractivity contribution is 6.07. The molecule has 0 saturated heterocycles. The number of benzene rings is 3. The molecule has 0 bridgehead atoms. The summed E-state index contributed by atoms with van der Waals surface area (Å²) in [4.78, 5) is 43.7. The van der Waals surface area contributed by atoms with Gasteiger partial charge in [0.1, 0.15) is 5.69 Å². The molecule has 0 radical (unpaired) electrons. The first-order chi connectivity index (χ1) is 17.8. The van der Waals surface area contributed by atoms with Gasteiger partial charge in [-0.1, -0.05) is 66.2 Å². The van der Waals surface area contributed by atoms with Gasteiger partial charge in [-0.05, 0) is 43.0 Å². The summed E-state index contributed by atoms with van der Waals surface area (Å²) in [5.74, 6) is -1.25. The summed E-state index contributed by atoms with van der Waals surface area (Å²) < 4.78 is 6.74. The number of nitrogens with zero attached hydrogens (tertiary/aromatic N) is 2. The number of carbonyl (C=O) groups excluding carboxylic acids is 2. The van der Waals surface area contributed by atoms with E-state index in [0.29, 0.717) is 22.0 Å². The fourth-order valence-electron chi connectivity index (χ4n) is 4.51. The largest absolute Gasteiger partial charge is 0.451 e. The highest BCUT2D eigenvalue weighted by Crippen LogP contribution is 2.31. The van der Waals surface area contributed by atoms with Gasteiger partial charge in [0.05, 0.1) is 11.2 Å². The van der Waals surface area contributed by atoms with Gasteiger partial charge in [-0.3, -0.25) is 14.6 Å². The Bertz CT molecular complexity index is 1740. The number of rotatable bonds is 5. The van der Waals surface area contributed by atoms with Crippen molar-refractivity contribution in [3.05, 3.63) is 106 Å². The standard InChI is InChI=1S/C30H25N3O4/c1-18-12-14-20(15-13-18)27-21-8-4-5-9-22(21)29(35)33(3)28(27)30(36)37-17-26(34)32-25-16-19(2)31-24-11-7-6-10-23(24)25/h4-16H,17H2,1-3H3,(H,31,32,34). The smallest absolute Gasteiger partial charge is 0.356 e. The first-order valence-corrected chi connectivity index (χ1v) is 11.9. The van der Waals surface area contributed by atoms with Crippen LogP contribution in [-0.4, -0.2) is 28.0 Å². The van der Waals surface area contributed by atoms with Crippen molar-refractivity contribution in [2.24, 2.45) is 7.05 Å². The molecule has 1 amide bonds. The number of nitrogens with one attached hydrogen (secondary N) is 1. The number of aryl methyl sites for hydroxylation is 2. The van der Waals surface area contributed by atoms with Crippen LogP contribution >= 0.6 is 0 Å². The Hall–Kier alpha value is -4.78. The number of carbonyl (C=O) groups is 2. The molecule has 0 spiro atoms. The molecule has 184 valence electrons. The fraction of sp³-hybridized carbons (Fsp3) is 0.133. The number of para-hydroxylation sites is 1. The number of anilines is 1. The lowest BCUT2D eigenvalue weighted by molar-refractivity contribution is -0.119. The summed E-state index contributed by atoms with van der Waals surface area (Å²) in [5, 5.41) is 4.74. The van der Waals surface area contributed by atoms with Crippen LogP contribution in [0.1, 0.15) is 21.7 Å². The van der Waals surface area contributed by atoms with Crippen LogP contribution in [0, 0.1) is 13.8 Å². The number of hydrogen-bond donors (Lipinski definition) is 1. The minimum Gasteiger partial charge on any atom is -0.451 e. The van der Waals surface area contributed by atoms with Crippen LogP contribution in [0.5, 0.6) is 0 Å². The highest BCUT2D eigenvalue weighted by atomic mass is 16.5. The van der Waals surface area contributed by atoms with E-state index in [1.165, 1.54) is 11.6 Å². The lowest BCUT2D eigenvalue weighted by atomic mass is 9.96. The Balaban J connectivity index is 1.48. The Labute approximate surface area is 213 Å². The molecule has 5 aromatic rings. The SMILES string of the molecule is Cc1ccc(-c2c(C(=O)OCC(=O)Nc3cc(C)nc4ccccc34)n(C)c(=O)c3ccccc23)cc1. The van der Waals surface area contributed by atoms with Gasteiger partial charge in [0, 0.05) is 29.1 Å². The van der Waals surface area contributed by atoms with Crippen molar-refractivity contribution in [2.75, 3.05) is 11.9 Å². The zero-order valence-corrected chi connectivity index (χ0v) is 20.7. The van der Waals surface area contributed by atoms with Crippen LogP contribution < -0.4 is 10.9 Å². The number of pyridine rings is 2. The maximum atomic E-state index is 13.4. The first-order valence-electron chi connectivity index (χ1n) is 11.9. The van der Waals surface area contributed by atoms with Crippen molar-refractivity contribution >= 4 is 39.2 Å². The third-order valence-electron chi connectivity index (χ3n) is 6.29. The van der Waals surface area contributed by atoms with E-state index in [9.17, 15) is 14.4 Å². The van der Waals surface area contributed by atoms with Crippen LogP contribution in [0.2, 0.25) is 0 Å². The molecular weight excluding hydrogens is 466 g/mol. The minimum atomic E-state index is -0.758. The molecule has 5 rings (SSSR count). The van der Waals surface area contributed by atoms with Crippen LogP contribution in [0.25, 0.3) is 32.8 Å². The normalized spacial score (nSPS) is 11.0. The van der Waals surface area contributed by atoms with Crippen LogP contribution in [0.4, 0.5) is 5.69 Å². The maximum Gasteiger partial charge on any atom is 0.356 e. The van der Waals surface area contributed by atoms with Gasteiger partial charge in [0.25, 0.3) is 11.5 Å².